The summed E-state index contributed by atoms with van der Waals surface area (Å²) in [4.78, 5) is 0. The Labute approximate surface area is 45.7 Å². The lowest BCUT2D eigenvalue weighted by molar-refractivity contribution is 0.487. The van der Waals surface area contributed by atoms with Crippen molar-refractivity contribution in [1.29, 1.82) is 0 Å². The van der Waals surface area contributed by atoms with Gasteiger partial charge in [-0.3, -0.25) is 4.39 Å². The molecule has 0 fully saturated rings. The molecule has 0 aromatic heterocycles. The minimum atomic E-state index is -0.181. The van der Waals surface area contributed by atoms with Crippen LogP contribution in [0.1, 0.15) is 33.6 Å². The molecule has 0 unspecified atom stereocenters. The molecule has 1 heteroatoms. The molecule has 0 heterocycles. The number of hydrogen-bond acceptors (Lipinski definition) is 0. The second-order valence-corrected chi connectivity index (χ2v) is 1.40. The summed E-state index contributed by atoms with van der Waals surface area (Å²) < 4.78 is 10.7. The number of rotatable bonds is 1. The van der Waals surface area contributed by atoms with E-state index >= 15 is 0 Å². The van der Waals surface area contributed by atoms with E-state index in [1.165, 1.54) is 6.42 Å². The Morgan fingerprint density at radius 2 is 1.29 bits per heavy atom. The molecule has 0 nitrogen and oxygen atoms in total. The topological polar surface area (TPSA) is 0 Å². The Hall–Kier alpha value is -0.0700. The SMILES string of the molecule is CCC.CCCF. The third-order valence-electron chi connectivity index (χ3n) is 0.189. The standard InChI is InChI=1S/C3H7F.C3H8/c1-2-3-4;1-3-2/h2-3H2,1H3;3H2,1-2H3. The zero-order chi connectivity index (χ0) is 6.12. The molecule has 0 rings (SSSR count). The van der Waals surface area contributed by atoms with Crippen LogP contribution in [0.2, 0.25) is 0 Å². The molecular weight excluding hydrogens is 91.1 g/mol. The van der Waals surface area contributed by atoms with Gasteiger partial charge in [-0.25, -0.2) is 0 Å². The number of hydrogen-bond donors (Lipinski definition) is 0. The minimum absolute atomic E-state index is 0.181. The van der Waals surface area contributed by atoms with E-state index in [0.717, 1.165) is 0 Å². The smallest absolute Gasteiger partial charge is 0.0891 e. The Balaban J connectivity index is 0. The minimum Gasteiger partial charge on any atom is -0.251 e. The molecule has 0 saturated carbocycles. The second kappa shape index (κ2) is 16.8. The van der Waals surface area contributed by atoms with Crippen LogP contribution >= 0.6 is 0 Å². The maximum absolute atomic E-state index is 10.7. The van der Waals surface area contributed by atoms with E-state index in [2.05, 4.69) is 13.8 Å². The lowest BCUT2D eigenvalue weighted by Crippen LogP contribution is -1.58. The van der Waals surface area contributed by atoms with Gasteiger partial charge in [0.1, 0.15) is 0 Å². The van der Waals surface area contributed by atoms with Crippen molar-refractivity contribution in [2.75, 3.05) is 6.67 Å². The molecule has 0 spiro atoms. The van der Waals surface area contributed by atoms with E-state index in [1.807, 2.05) is 0 Å². The van der Waals surface area contributed by atoms with Crippen LogP contribution in [0, 0.1) is 0 Å². The van der Waals surface area contributed by atoms with Crippen LogP contribution in [0.4, 0.5) is 4.39 Å². The normalized spacial score (nSPS) is 6.86. The van der Waals surface area contributed by atoms with E-state index in [1.54, 1.807) is 6.92 Å². The summed E-state index contributed by atoms with van der Waals surface area (Å²) in [6.45, 7) is 5.88. The maximum atomic E-state index is 10.7. The third kappa shape index (κ3) is 106. The fraction of sp³-hybridized carbons (Fsp3) is 1.00. The highest BCUT2D eigenvalue weighted by Crippen LogP contribution is 1.69. The van der Waals surface area contributed by atoms with Crippen LogP contribution in [-0.2, 0) is 0 Å². The van der Waals surface area contributed by atoms with Gasteiger partial charge in [0.25, 0.3) is 0 Å². The summed E-state index contributed by atoms with van der Waals surface area (Å²) in [5.41, 5.74) is 0. The first-order valence-electron chi connectivity index (χ1n) is 2.89. The van der Waals surface area contributed by atoms with Crippen molar-refractivity contribution in [3.8, 4) is 0 Å². The van der Waals surface area contributed by atoms with Gasteiger partial charge in [-0.05, 0) is 6.42 Å². The summed E-state index contributed by atoms with van der Waals surface area (Å²) >= 11 is 0. The van der Waals surface area contributed by atoms with Gasteiger partial charge in [-0.1, -0.05) is 27.2 Å². The van der Waals surface area contributed by atoms with Crippen molar-refractivity contribution in [2.45, 2.75) is 33.6 Å². The summed E-state index contributed by atoms with van der Waals surface area (Å²) in [7, 11) is 0. The van der Waals surface area contributed by atoms with Crippen LogP contribution in [0.15, 0.2) is 0 Å². The highest BCUT2D eigenvalue weighted by molar-refractivity contribution is 4.11. The van der Waals surface area contributed by atoms with Gasteiger partial charge in [-0.15, -0.1) is 0 Å². The zero-order valence-corrected chi connectivity index (χ0v) is 5.50. The molecule has 0 amide bonds. The van der Waals surface area contributed by atoms with Gasteiger partial charge in [0.2, 0.25) is 0 Å². The molecule has 0 aliphatic rings. The lowest BCUT2D eigenvalue weighted by atomic mass is 10.6. The first-order chi connectivity index (χ1) is 3.33. The van der Waals surface area contributed by atoms with Gasteiger partial charge < -0.3 is 0 Å². The molecule has 0 N–H and O–H groups in total. The van der Waals surface area contributed by atoms with E-state index < -0.39 is 0 Å². The van der Waals surface area contributed by atoms with Crippen molar-refractivity contribution >= 4 is 0 Å². The largest absolute Gasteiger partial charge is 0.251 e. The first-order valence-corrected chi connectivity index (χ1v) is 2.89. The average molecular weight is 106 g/mol. The molecule has 0 saturated heterocycles. The first kappa shape index (κ1) is 10.0. The van der Waals surface area contributed by atoms with Gasteiger partial charge >= 0.3 is 0 Å². The van der Waals surface area contributed by atoms with Gasteiger partial charge in [-0.2, -0.15) is 0 Å². The van der Waals surface area contributed by atoms with E-state index in [0.29, 0.717) is 6.42 Å². The number of alkyl halides is 1. The molecule has 0 aromatic rings. The van der Waals surface area contributed by atoms with Crippen LogP contribution in [0.3, 0.4) is 0 Å². The number of halogens is 1. The quantitative estimate of drug-likeness (QED) is 0.482. The molecule has 0 aromatic carbocycles. The lowest BCUT2D eigenvalue weighted by Gasteiger charge is -1.64. The van der Waals surface area contributed by atoms with Crippen LogP contribution in [-0.4, -0.2) is 6.67 Å². The van der Waals surface area contributed by atoms with Gasteiger partial charge in [0.15, 0.2) is 0 Å². The molecule has 0 bridgehead atoms. The van der Waals surface area contributed by atoms with Crippen LogP contribution < -0.4 is 0 Å². The second-order valence-electron chi connectivity index (χ2n) is 1.40. The molecule has 0 radical (unpaired) electrons. The van der Waals surface area contributed by atoms with E-state index in [9.17, 15) is 4.39 Å². The molecule has 7 heavy (non-hydrogen) atoms. The van der Waals surface area contributed by atoms with Crippen molar-refractivity contribution in [1.82, 2.24) is 0 Å². The monoisotopic (exact) mass is 106 g/mol. The van der Waals surface area contributed by atoms with Crippen molar-refractivity contribution < 1.29 is 4.39 Å². The van der Waals surface area contributed by atoms with Crippen molar-refractivity contribution in [3.63, 3.8) is 0 Å². The Bertz CT molecular complexity index is 11.7. The summed E-state index contributed by atoms with van der Waals surface area (Å²) in [6, 6.07) is 0. The highest BCUT2D eigenvalue weighted by Gasteiger charge is 1.60. The van der Waals surface area contributed by atoms with Gasteiger partial charge in [0, 0.05) is 0 Å². The molecular formula is C6H15F. The van der Waals surface area contributed by atoms with Crippen LogP contribution in [0.5, 0.6) is 0 Å². The molecule has 0 aliphatic heterocycles. The highest BCUT2D eigenvalue weighted by atomic mass is 19.1. The molecule has 46 valence electrons. The Morgan fingerprint density at radius 3 is 1.29 bits per heavy atom. The average Bonchev–Trinajstić information content (AvgIpc) is 1.69. The van der Waals surface area contributed by atoms with Gasteiger partial charge in [0.05, 0.1) is 6.67 Å². The van der Waals surface area contributed by atoms with E-state index in [4.69, 9.17) is 0 Å². The van der Waals surface area contributed by atoms with Crippen LogP contribution in [0.25, 0.3) is 0 Å². The zero-order valence-electron chi connectivity index (χ0n) is 5.50. The fourth-order valence-electron chi connectivity index (χ4n) is 0. The summed E-state index contributed by atoms with van der Waals surface area (Å²) in [6.07, 6.45) is 1.90. The van der Waals surface area contributed by atoms with Crippen molar-refractivity contribution in [2.24, 2.45) is 0 Å². The predicted molar refractivity (Wildman–Crippen MR) is 32.2 cm³/mol. The fourth-order valence-corrected chi connectivity index (χ4v) is 0. The van der Waals surface area contributed by atoms with Crippen molar-refractivity contribution in [3.05, 3.63) is 0 Å². The Kier molecular flexibility index (Phi) is 24.0. The summed E-state index contributed by atoms with van der Waals surface area (Å²) in [5, 5.41) is 0. The summed E-state index contributed by atoms with van der Waals surface area (Å²) in [5.74, 6) is 0. The third-order valence-corrected chi connectivity index (χ3v) is 0.189. The molecule has 0 aliphatic carbocycles. The van der Waals surface area contributed by atoms with E-state index in [-0.39, 0.29) is 6.67 Å². The Morgan fingerprint density at radius 1 is 1.14 bits per heavy atom. The molecule has 0 atom stereocenters. The predicted octanol–water partition coefficient (Wildman–Crippen LogP) is 2.78. The maximum Gasteiger partial charge on any atom is 0.0891 e.